The standard InChI is InChI=1S/C28H46N2O3/c1-17-11-26-25(30-15-17)6-4-5-21-22-8-7-19-12-20(33-27(31)14-29)9-10-28(19,3)24(22)13-23(21)18(2)16-32-26/h17,19-22,24-26,30H,4-16,29H2,1-3H3. The van der Waals surface area contributed by atoms with Gasteiger partial charge in [-0.2, -0.15) is 0 Å². The van der Waals surface area contributed by atoms with Crippen LogP contribution in [0.5, 0.6) is 0 Å². The van der Waals surface area contributed by atoms with E-state index in [0.29, 0.717) is 29.4 Å². The molecule has 33 heavy (non-hydrogen) atoms. The Labute approximate surface area is 200 Å². The van der Waals surface area contributed by atoms with E-state index in [0.717, 1.165) is 43.7 Å². The fraction of sp³-hybridized carbons (Fsp3) is 0.893. The molecule has 0 radical (unpaired) electrons. The Balaban J connectivity index is 1.33. The van der Waals surface area contributed by atoms with Crippen molar-refractivity contribution in [3.63, 3.8) is 0 Å². The first kappa shape index (κ1) is 23.8. The predicted molar refractivity (Wildman–Crippen MR) is 131 cm³/mol. The van der Waals surface area contributed by atoms with Crippen LogP contribution in [0.3, 0.4) is 0 Å². The van der Waals surface area contributed by atoms with Gasteiger partial charge in [0.2, 0.25) is 0 Å². The molecule has 0 bridgehead atoms. The van der Waals surface area contributed by atoms with Gasteiger partial charge >= 0.3 is 5.97 Å². The maximum atomic E-state index is 11.8. The van der Waals surface area contributed by atoms with Crippen molar-refractivity contribution in [2.75, 3.05) is 19.7 Å². The van der Waals surface area contributed by atoms with Crippen LogP contribution < -0.4 is 11.1 Å². The van der Waals surface area contributed by atoms with E-state index in [2.05, 4.69) is 26.1 Å². The van der Waals surface area contributed by atoms with Crippen molar-refractivity contribution < 1.29 is 14.3 Å². The fourth-order valence-electron chi connectivity index (χ4n) is 8.62. The first-order chi connectivity index (χ1) is 15.9. The number of fused-ring (bicyclic) bond motifs is 6. The van der Waals surface area contributed by atoms with Crippen molar-refractivity contribution in [2.24, 2.45) is 40.7 Å². The summed E-state index contributed by atoms with van der Waals surface area (Å²) in [5.74, 6) is 3.49. The molecule has 5 rings (SSSR count). The second kappa shape index (κ2) is 9.62. The number of esters is 1. The molecule has 5 aliphatic rings. The van der Waals surface area contributed by atoms with Crippen LogP contribution >= 0.6 is 0 Å². The molecule has 5 nitrogen and oxygen atoms in total. The molecule has 2 aliphatic heterocycles. The molecule has 0 aromatic heterocycles. The summed E-state index contributed by atoms with van der Waals surface area (Å²) in [7, 11) is 0. The highest BCUT2D eigenvalue weighted by molar-refractivity contribution is 5.71. The fourth-order valence-corrected chi connectivity index (χ4v) is 8.62. The van der Waals surface area contributed by atoms with E-state index in [1.54, 1.807) is 5.57 Å². The predicted octanol–water partition coefficient (Wildman–Crippen LogP) is 4.59. The number of nitrogens with two attached hydrogens (primary N) is 1. The molecule has 1 saturated heterocycles. The van der Waals surface area contributed by atoms with Crippen LogP contribution in [0.4, 0.5) is 0 Å². The van der Waals surface area contributed by atoms with Crippen LogP contribution in [-0.2, 0) is 14.3 Å². The van der Waals surface area contributed by atoms with Gasteiger partial charge in [-0.1, -0.05) is 25.8 Å². The van der Waals surface area contributed by atoms with E-state index in [9.17, 15) is 4.79 Å². The van der Waals surface area contributed by atoms with Gasteiger partial charge in [0.25, 0.3) is 0 Å². The van der Waals surface area contributed by atoms with Gasteiger partial charge in [-0.3, -0.25) is 4.79 Å². The Bertz CT molecular complexity index is 766. The third kappa shape index (κ3) is 4.54. The van der Waals surface area contributed by atoms with E-state index in [1.165, 1.54) is 56.9 Å². The molecule has 9 atom stereocenters. The molecule has 3 aliphatic carbocycles. The summed E-state index contributed by atoms with van der Waals surface area (Å²) < 4.78 is 12.3. The Morgan fingerprint density at radius 3 is 2.88 bits per heavy atom. The van der Waals surface area contributed by atoms with Crippen LogP contribution in [0.15, 0.2) is 11.1 Å². The molecule has 0 aromatic rings. The van der Waals surface area contributed by atoms with Crippen LogP contribution in [0.25, 0.3) is 0 Å². The van der Waals surface area contributed by atoms with Gasteiger partial charge in [0.05, 0.1) is 19.3 Å². The highest BCUT2D eigenvalue weighted by atomic mass is 16.5. The third-order valence-corrected chi connectivity index (χ3v) is 10.5. The van der Waals surface area contributed by atoms with Crippen molar-refractivity contribution in [1.29, 1.82) is 0 Å². The first-order valence-electron chi connectivity index (χ1n) is 13.8. The average Bonchev–Trinajstić information content (AvgIpc) is 3.18. The number of hydrogen-bond acceptors (Lipinski definition) is 5. The maximum absolute atomic E-state index is 11.8. The highest BCUT2D eigenvalue weighted by Crippen LogP contribution is 2.63. The van der Waals surface area contributed by atoms with Gasteiger partial charge in [-0.15, -0.1) is 0 Å². The lowest BCUT2D eigenvalue weighted by molar-refractivity contribution is -0.155. The van der Waals surface area contributed by atoms with E-state index in [1.807, 2.05) is 0 Å². The molecule has 0 amide bonds. The van der Waals surface area contributed by atoms with Crippen molar-refractivity contribution in [3.8, 4) is 0 Å². The van der Waals surface area contributed by atoms with Crippen LogP contribution in [0.2, 0.25) is 0 Å². The summed E-state index contributed by atoms with van der Waals surface area (Å²) >= 11 is 0. The molecule has 9 unspecified atom stereocenters. The molecule has 2 heterocycles. The van der Waals surface area contributed by atoms with Gasteiger partial charge in [0.15, 0.2) is 0 Å². The molecule has 3 saturated carbocycles. The monoisotopic (exact) mass is 458 g/mol. The Morgan fingerprint density at radius 1 is 1.21 bits per heavy atom. The Hall–Kier alpha value is -0.910. The molecule has 0 aromatic carbocycles. The summed E-state index contributed by atoms with van der Waals surface area (Å²) in [5, 5.41) is 3.80. The molecular weight excluding hydrogens is 412 g/mol. The molecule has 0 spiro atoms. The van der Waals surface area contributed by atoms with E-state index < -0.39 is 0 Å². The minimum absolute atomic E-state index is 0.00351. The van der Waals surface area contributed by atoms with Crippen molar-refractivity contribution in [2.45, 2.75) is 103 Å². The van der Waals surface area contributed by atoms with Crippen LogP contribution in [0.1, 0.15) is 85.0 Å². The lowest BCUT2D eigenvalue weighted by Gasteiger charge is -2.53. The number of hydrogen-bond donors (Lipinski definition) is 2. The van der Waals surface area contributed by atoms with Crippen LogP contribution in [0, 0.1) is 35.0 Å². The second-order valence-electron chi connectivity index (χ2n) is 12.4. The smallest absolute Gasteiger partial charge is 0.319 e. The summed E-state index contributed by atoms with van der Waals surface area (Å²) in [5.41, 5.74) is 9.15. The lowest BCUT2D eigenvalue weighted by atomic mass is 9.52. The van der Waals surface area contributed by atoms with Crippen molar-refractivity contribution in [1.82, 2.24) is 5.32 Å². The van der Waals surface area contributed by atoms with Gasteiger partial charge in [-0.05, 0) is 112 Å². The zero-order valence-corrected chi connectivity index (χ0v) is 21.1. The molecular formula is C28H46N2O3. The number of nitrogens with one attached hydrogen (secondary N) is 1. The molecule has 5 heteroatoms. The first-order valence-corrected chi connectivity index (χ1v) is 13.8. The number of rotatable bonds is 2. The number of ether oxygens (including phenoxy) is 2. The largest absolute Gasteiger partial charge is 0.461 e. The summed E-state index contributed by atoms with van der Waals surface area (Å²) in [6.45, 7) is 9.23. The van der Waals surface area contributed by atoms with Gasteiger partial charge in [0, 0.05) is 6.04 Å². The second-order valence-corrected chi connectivity index (χ2v) is 12.4. The lowest BCUT2D eigenvalue weighted by Crippen LogP contribution is -2.49. The number of carbonyl (C=O) groups is 1. The van der Waals surface area contributed by atoms with E-state index in [4.69, 9.17) is 15.2 Å². The molecule has 186 valence electrons. The van der Waals surface area contributed by atoms with Crippen LogP contribution in [-0.4, -0.2) is 43.9 Å². The van der Waals surface area contributed by atoms with Gasteiger partial charge in [0.1, 0.15) is 6.10 Å². The number of piperidine rings is 1. The maximum Gasteiger partial charge on any atom is 0.319 e. The SMILES string of the molecule is CC1=C2CC3C(CCC4CC(OC(=O)CN)CCC43C)C2CCCC2NCC(C)CC2OC1. The minimum Gasteiger partial charge on any atom is -0.461 e. The Morgan fingerprint density at radius 2 is 2.06 bits per heavy atom. The van der Waals surface area contributed by atoms with E-state index >= 15 is 0 Å². The highest BCUT2D eigenvalue weighted by Gasteiger charge is 2.56. The average molecular weight is 459 g/mol. The zero-order chi connectivity index (χ0) is 23.2. The van der Waals surface area contributed by atoms with Crippen molar-refractivity contribution in [3.05, 3.63) is 11.1 Å². The number of carbonyl (C=O) groups excluding carboxylic acids is 1. The summed E-state index contributed by atoms with van der Waals surface area (Å²) in [6.07, 6.45) is 12.7. The number of allylic oxidation sites excluding steroid dienone is 1. The van der Waals surface area contributed by atoms with Gasteiger partial charge in [-0.25, -0.2) is 0 Å². The molecule has 4 fully saturated rings. The summed E-state index contributed by atoms with van der Waals surface area (Å²) in [6, 6.07) is 0.535. The van der Waals surface area contributed by atoms with Crippen molar-refractivity contribution >= 4 is 5.97 Å². The normalized spacial score (nSPS) is 45.9. The Kier molecular flexibility index (Phi) is 6.94. The minimum atomic E-state index is -0.242. The van der Waals surface area contributed by atoms with E-state index in [-0.39, 0.29) is 18.6 Å². The third-order valence-electron chi connectivity index (χ3n) is 10.5. The summed E-state index contributed by atoms with van der Waals surface area (Å²) in [4.78, 5) is 11.8. The quantitative estimate of drug-likeness (QED) is 0.468. The molecule has 3 N–H and O–H groups in total. The van der Waals surface area contributed by atoms with Gasteiger partial charge < -0.3 is 20.5 Å². The topological polar surface area (TPSA) is 73.6 Å². The zero-order valence-electron chi connectivity index (χ0n) is 21.1.